The van der Waals surface area contributed by atoms with E-state index in [1.165, 1.54) is 32.9 Å². The Morgan fingerprint density at radius 3 is 2.36 bits per heavy atom. The fourth-order valence-electron chi connectivity index (χ4n) is 4.21. The normalized spacial score (nSPS) is 15.2. The first-order chi connectivity index (χ1) is 20.9. The summed E-state index contributed by atoms with van der Waals surface area (Å²) in [5.74, 6) is -4.34. The van der Waals surface area contributed by atoms with Crippen molar-refractivity contribution in [3.8, 4) is 11.8 Å². The lowest BCUT2D eigenvalue weighted by Crippen LogP contribution is -2.44. The van der Waals surface area contributed by atoms with Crippen LogP contribution in [-0.4, -0.2) is 55.6 Å². The number of halogens is 3. The zero-order chi connectivity index (χ0) is 32.3. The number of nitriles is 1. The Balaban J connectivity index is 1.81. The standard InChI is InChI=1S/C28H32F3N4O8P/c1-4-39-44(38,40-5-2)41-18-25(43-27(37)28(29,30)31)23-7-6-20(17-32)16-24(23)42-19(3)34-26(36)21-10-14-35(15-11-21)22-8-12-33-13-9-22/h6-9,12-13,16,18-19,21H,4-5,10-11,14-15H2,1-3H3,(H,34,36). The first-order valence-corrected chi connectivity index (χ1v) is 15.1. The van der Waals surface area contributed by atoms with E-state index >= 15 is 0 Å². The molecule has 0 spiro atoms. The van der Waals surface area contributed by atoms with Gasteiger partial charge < -0.3 is 24.2 Å². The van der Waals surface area contributed by atoms with E-state index < -0.39 is 32.0 Å². The maximum Gasteiger partial charge on any atom is 0.529 e. The number of nitrogens with zero attached hydrogens (tertiary/aromatic N) is 3. The van der Waals surface area contributed by atoms with Gasteiger partial charge >= 0.3 is 20.0 Å². The first kappa shape index (κ1) is 34.4. The molecule has 2 aromatic rings. The molecule has 1 fully saturated rings. The van der Waals surface area contributed by atoms with Crippen LogP contribution in [0.5, 0.6) is 5.75 Å². The lowest BCUT2D eigenvalue weighted by atomic mass is 9.95. The quantitative estimate of drug-likeness (QED) is 0.131. The number of aromatic nitrogens is 1. The molecule has 1 unspecified atom stereocenters. The third-order valence-corrected chi connectivity index (χ3v) is 7.73. The number of esters is 1. The van der Waals surface area contributed by atoms with Gasteiger partial charge in [-0.3, -0.25) is 18.8 Å². The molecule has 1 amide bonds. The maximum atomic E-state index is 13.1. The fraction of sp³-hybridized carbons (Fsp3) is 0.429. The highest BCUT2D eigenvalue weighted by molar-refractivity contribution is 7.48. The molecule has 1 atom stereocenters. The minimum Gasteiger partial charge on any atom is -0.470 e. The Hall–Kier alpha value is -4.12. The second-order valence-corrected chi connectivity index (χ2v) is 10.9. The van der Waals surface area contributed by atoms with Crippen LogP contribution >= 0.6 is 7.82 Å². The van der Waals surface area contributed by atoms with E-state index in [4.69, 9.17) is 18.3 Å². The van der Waals surface area contributed by atoms with Crippen molar-refractivity contribution in [1.29, 1.82) is 5.26 Å². The highest BCUT2D eigenvalue weighted by atomic mass is 31.2. The summed E-state index contributed by atoms with van der Waals surface area (Å²) in [6, 6.07) is 9.18. The second-order valence-electron chi connectivity index (χ2n) is 9.32. The second kappa shape index (κ2) is 15.6. The Kier molecular flexibility index (Phi) is 12.2. The number of carbonyl (C=O) groups excluding carboxylic acids is 2. The summed E-state index contributed by atoms with van der Waals surface area (Å²) >= 11 is 0. The average molecular weight is 641 g/mol. The minimum atomic E-state index is -5.40. The number of hydrogen-bond donors (Lipinski definition) is 1. The molecule has 1 aromatic heterocycles. The molecule has 16 heteroatoms. The molecule has 12 nitrogen and oxygen atoms in total. The van der Waals surface area contributed by atoms with Crippen molar-refractivity contribution < 1.29 is 50.4 Å². The summed E-state index contributed by atoms with van der Waals surface area (Å²) in [4.78, 5) is 30.9. The van der Waals surface area contributed by atoms with Gasteiger partial charge in [-0.2, -0.15) is 18.4 Å². The summed E-state index contributed by atoms with van der Waals surface area (Å²) in [7, 11) is -4.30. The molecule has 1 aliphatic rings. The molecule has 44 heavy (non-hydrogen) atoms. The lowest BCUT2D eigenvalue weighted by molar-refractivity contribution is -0.192. The van der Waals surface area contributed by atoms with Crippen LogP contribution in [-0.2, 0) is 32.5 Å². The van der Waals surface area contributed by atoms with Gasteiger partial charge in [-0.25, -0.2) is 9.36 Å². The number of rotatable bonds is 13. The van der Waals surface area contributed by atoms with Crippen LogP contribution in [0.4, 0.5) is 18.9 Å². The van der Waals surface area contributed by atoms with Crippen molar-refractivity contribution in [2.24, 2.45) is 5.92 Å². The largest absolute Gasteiger partial charge is 0.529 e. The number of ether oxygens (including phenoxy) is 2. The summed E-state index contributed by atoms with van der Waals surface area (Å²) in [5, 5.41) is 12.1. The summed E-state index contributed by atoms with van der Waals surface area (Å²) < 4.78 is 77.5. The number of carbonyl (C=O) groups is 2. The Morgan fingerprint density at radius 2 is 1.80 bits per heavy atom. The molecule has 2 heterocycles. The van der Waals surface area contributed by atoms with Crippen LogP contribution in [0, 0.1) is 17.2 Å². The molecule has 0 radical (unpaired) electrons. The smallest absolute Gasteiger partial charge is 0.470 e. The van der Waals surface area contributed by atoms with Crippen molar-refractivity contribution in [3.63, 3.8) is 0 Å². The van der Waals surface area contributed by atoms with Gasteiger partial charge in [0.1, 0.15) is 12.0 Å². The average Bonchev–Trinajstić information content (AvgIpc) is 2.99. The van der Waals surface area contributed by atoms with Crippen LogP contribution in [0.25, 0.3) is 5.76 Å². The van der Waals surface area contributed by atoms with Crippen molar-refractivity contribution in [2.45, 2.75) is 46.0 Å². The predicted octanol–water partition coefficient (Wildman–Crippen LogP) is 5.31. The first-order valence-electron chi connectivity index (χ1n) is 13.6. The van der Waals surface area contributed by atoms with Crippen LogP contribution in [0.1, 0.15) is 44.7 Å². The van der Waals surface area contributed by atoms with Gasteiger partial charge in [0.15, 0.2) is 12.0 Å². The molecule has 1 N–H and O–H groups in total. The predicted molar refractivity (Wildman–Crippen MR) is 151 cm³/mol. The van der Waals surface area contributed by atoms with Crippen LogP contribution in [0.15, 0.2) is 49.0 Å². The number of alkyl halides is 3. The van der Waals surface area contributed by atoms with Gasteiger partial charge in [-0.05, 0) is 63.9 Å². The number of hydrogen-bond acceptors (Lipinski definition) is 11. The number of anilines is 1. The number of nitrogens with one attached hydrogen (secondary N) is 1. The van der Waals surface area contributed by atoms with Crippen LogP contribution < -0.4 is 15.0 Å². The highest BCUT2D eigenvalue weighted by Gasteiger charge is 2.42. The molecular formula is C28H32F3N4O8P. The van der Waals surface area contributed by atoms with E-state index in [1.54, 1.807) is 12.4 Å². The maximum absolute atomic E-state index is 13.1. The number of piperidine rings is 1. The van der Waals surface area contributed by atoms with E-state index in [0.717, 1.165) is 11.8 Å². The zero-order valence-electron chi connectivity index (χ0n) is 24.2. The number of phosphoric acid groups is 1. The molecule has 1 saturated heterocycles. The van der Waals surface area contributed by atoms with Gasteiger partial charge in [0.05, 0.1) is 30.4 Å². The summed E-state index contributed by atoms with van der Waals surface area (Å²) in [5.41, 5.74) is 0.758. The Bertz CT molecular complexity index is 1400. The Morgan fingerprint density at radius 1 is 1.16 bits per heavy atom. The van der Waals surface area contributed by atoms with Crippen molar-refractivity contribution >= 4 is 31.1 Å². The van der Waals surface area contributed by atoms with E-state index in [2.05, 4.69) is 19.9 Å². The van der Waals surface area contributed by atoms with Gasteiger partial charge in [0.25, 0.3) is 0 Å². The van der Waals surface area contributed by atoms with Crippen LogP contribution in [0.3, 0.4) is 0 Å². The fourth-order valence-corrected chi connectivity index (χ4v) is 5.27. The molecule has 0 saturated carbocycles. The molecule has 238 valence electrons. The molecule has 0 aliphatic carbocycles. The van der Waals surface area contributed by atoms with E-state index in [0.29, 0.717) is 32.2 Å². The summed E-state index contributed by atoms with van der Waals surface area (Å²) in [6.45, 7) is 5.45. The van der Waals surface area contributed by atoms with Gasteiger partial charge in [0, 0.05) is 37.1 Å². The van der Waals surface area contributed by atoms with Crippen molar-refractivity contribution in [1.82, 2.24) is 10.3 Å². The molecule has 3 rings (SSSR count). The molecule has 1 aromatic carbocycles. The summed E-state index contributed by atoms with van der Waals surface area (Å²) in [6.07, 6.45) is -1.45. The topological polar surface area (TPSA) is 149 Å². The third-order valence-electron chi connectivity index (χ3n) is 6.22. The van der Waals surface area contributed by atoms with Crippen molar-refractivity contribution in [2.75, 3.05) is 31.2 Å². The van der Waals surface area contributed by atoms with E-state index in [9.17, 15) is 32.6 Å². The number of phosphoric ester groups is 1. The minimum absolute atomic E-state index is 0.0440. The van der Waals surface area contributed by atoms with Gasteiger partial charge in [-0.1, -0.05) is 0 Å². The SMILES string of the molecule is CCOP(=O)(OC=C(OC(=O)C(F)(F)F)c1ccc(C#N)cc1OC(C)NC(=O)C1CCN(c2ccncc2)CC1)OCC. The Labute approximate surface area is 252 Å². The lowest BCUT2D eigenvalue weighted by Gasteiger charge is -2.33. The molecule has 0 bridgehead atoms. The number of benzene rings is 1. The van der Waals surface area contributed by atoms with E-state index in [1.807, 2.05) is 18.2 Å². The zero-order valence-corrected chi connectivity index (χ0v) is 25.1. The van der Waals surface area contributed by atoms with Gasteiger partial charge in [0.2, 0.25) is 5.91 Å². The number of amides is 1. The molecule has 1 aliphatic heterocycles. The van der Waals surface area contributed by atoms with E-state index in [-0.39, 0.29) is 41.9 Å². The highest BCUT2D eigenvalue weighted by Crippen LogP contribution is 2.50. The number of pyridine rings is 1. The monoisotopic (exact) mass is 640 g/mol. The third kappa shape index (κ3) is 9.70. The van der Waals surface area contributed by atoms with Crippen molar-refractivity contribution in [3.05, 3.63) is 60.1 Å². The molecular weight excluding hydrogens is 608 g/mol. The van der Waals surface area contributed by atoms with Crippen LogP contribution in [0.2, 0.25) is 0 Å². The van der Waals surface area contributed by atoms with Gasteiger partial charge in [-0.15, -0.1) is 0 Å².